The first-order chi connectivity index (χ1) is 13.8. The Morgan fingerprint density at radius 1 is 1.17 bits per heavy atom. The van der Waals surface area contributed by atoms with E-state index in [-0.39, 0.29) is 29.3 Å². The van der Waals surface area contributed by atoms with Gasteiger partial charge in [-0.3, -0.25) is 14.6 Å². The number of pyridine rings is 1. The van der Waals surface area contributed by atoms with Gasteiger partial charge in [0, 0.05) is 29.0 Å². The van der Waals surface area contributed by atoms with E-state index in [2.05, 4.69) is 4.98 Å². The Kier molecular flexibility index (Phi) is 4.92. The Morgan fingerprint density at radius 3 is 2.48 bits per heavy atom. The number of aliphatic hydroxyl groups is 1. The highest BCUT2D eigenvalue weighted by atomic mass is 35.5. The van der Waals surface area contributed by atoms with Gasteiger partial charge < -0.3 is 10.0 Å². The number of sulfone groups is 1. The van der Waals surface area contributed by atoms with Crippen LogP contribution in [-0.4, -0.2) is 52.6 Å². The third kappa shape index (κ3) is 3.54. The van der Waals surface area contributed by atoms with E-state index in [4.69, 9.17) is 11.6 Å². The smallest absolute Gasteiger partial charge is 0.295 e. The number of aromatic nitrogens is 1. The van der Waals surface area contributed by atoms with Crippen LogP contribution in [0.15, 0.2) is 54.4 Å². The summed E-state index contributed by atoms with van der Waals surface area (Å²) in [5, 5.41) is 11.4. The van der Waals surface area contributed by atoms with Gasteiger partial charge in [0.05, 0.1) is 23.1 Å². The molecule has 2 fully saturated rings. The number of halogens is 1. The van der Waals surface area contributed by atoms with E-state index in [1.165, 1.54) is 11.1 Å². The molecule has 29 heavy (non-hydrogen) atoms. The van der Waals surface area contributed by atoms with Crippen molar-refractivity contribution >= 4 is 38.9 Å². The first-order valence-corrected chi connectivity index (χ1v) is 11.1. The number of hydrogen-bond donors (Lipinski definition) is 1. The number of hydrogen-bond acceptors (Lipinski definition) is 6. The number of Topliss-reactive ketones (excluding diaryl/α,β-unsaturated/α-hetero) is 1. The molecule has 2 saturated heterocycles. The number of rotatable bonds is 3. The zero-order valence-corrected chi connectivity index (χ0v) is 16.7. The molecule has 2 aliphatic rings. The van der Waals surface area contributed by atoms with Crippen LogP contribution in [0.4, 0.5) is 0 Å². The molecule has 1 N–H and O–H groups in total. The van der Waals surface area contributed by atoms with Crippen molar-refractivity contribution in [2.45, 2.75) is 18.5 Å². The van der Waals surface area contributed by atoms with E-state index < -0.39 is 33.6 Å². The highest BCUT2D eigenvalue weighted by molar-refractivity contribution is 7.91. The minimum atomic E-state index is -3.29. The predicted octanol–water partition coefficient (Wildman–Crippen LogP) is 2.34. The quantitative estimate of drug-likeness (QED) is 0.453. The van der Waals surface area contributed by atoms with Crippen molar-refractivity contribution in [1.82, 2.24) is 9.88 Å². The number of carbonyl (C=O) groups is 2. The Labute approximate surface area is 172 Å². The summed E-state index contributed by atoms with van der Waals surface area (Å²) >= 11 is 5.90. The largest absolute Gasteiger partial charge is 0.507 e. The van der Waals surface area contributed by atoms with Gasteiger partial charge in [-0.05, 0) is 42.3 Å². The molecule has 150 valence electrons. The normalized spacial score (nSPS) is 25.5. The molecule has 4 rings (SSSR count). The molecular formula is C20H17ClN2O5S. The van der Waals surface area contributed by atoms with Crippen LogP contribution in [0, 0.1) is 0 Å². The minimum Gasteiger partial charge on any atom is -0.507 e. The maximum atomic E-state index is 12.9. The lowest BCUT2D eigenvalue weighted by molar-refractivity contribution is -0.141. The second-order valence-corrected chi connectivity index (χ2v) is 9.72. The maximum absolute atomic E-state index is 12.9. The van der Waals surface area contributed by atoms with Crippen LogP contribution in [0.5, 0.6) is 0 Å². The molecule has 0 saturated carbocycles. The molecule has 1 aromatic carbocycles. The second-order valence-electron chi connectivity index (χ2n) is 7.06. The SMILES string of the molecule is O=C1C(=O)N([C@@H]2CCS(=O)(=O)C2)[C@H](c2cccnc2)/C1=C(\O)c1ccc(Cl)cc1. The first kappa shape index (κ1) is 19.6. The molecule has 0 spiro atoms. The average Bonchev–Trinajstić information content (AvgIpc) is 3.19. The number of carbonyl (C=O) groups excluding carboxylic acids is 2. The van der Waals surface area contributed by atoms with Gasteiger partial charge in [0.2, 0.25) is 0 Å². The van der Waals surface area contributed by atoms with Gasteiger partial charge in [0.15, 0.2) is 9.84 Å². The summed E-state index contributed by atoms with van der Waals surface area (Å²) in [4.78, 5) is 31.1. The molecule has 1 aromatic heterocycles. The zero-order valence-electron chi connectivity index (χ0n) is 15.2. The molecule has 2 atom stereocenters. The van der Waals surface area contributed by atoms with E-state index in [1.54, 1.807) is 42.6 Å². The number of aliphatic hydroxyl groups excluding tert-OH is 1. The lowest BCUT2D eigenvalue weighted by Gasteiger charge is -2.29. The average molecular weight is 433 g/mol. The van der Waals surface area contributed by atoms with Crippen molar-refractivity contribution in [3.8, 4) is 0 Å². The van der Waals surface area contributed by atoms with Gasteiger partial charge in [0.25, 0.3) is 11.7 Å². The summed E-state index contributed by atoms with van der Waals surface area (Å²) in [6.07, 6.45) is 3.30. The third-order valence-electron chi connectivity index (χ3n) is 5.20. The molecule has 3 heterocycles. The summed E-state index contributed by atoms with van der Waals surface area (Å²) < 4.78 is 24.0. The highest BCUT2D eigenvalue weighted by Gasteiger charge is 2.51. The first-order valence-electron chi connectivity index (χ1n) is 8.95. The van der Waals surface area contributed by atoms with Gasteiger partial charge in [-0.25, -0.2) is 8.42 Å². The van der Waals surface area contributed by atoms with E-state index in [1.807, 2.05) is 0 Å². The molecule has 2 aromatic rings. The lowest BCUT2D eigenvalue weighted by Crippen LogP contribution is -2.40. The molecular weight excluding hydrogens is 416 g/mol. The van der Waals surface area contributed by atoms with Crippen LogP contribution in [0.2, 0.25) is 5.02 Å². The molecule has 1 amide bonds. The van der Waals surface area contributed by atoms with Gasteiger partial charge in [-0.15, -0.1) is 0 Å². The van der Waals surface area contributed by atoms with Crippen LogP contribution < -0.4 is 0 Å². The topological polar surface area (TPSA) is 105 Å². The molecule has 9 heteroatoms. The Morgan fingerprint density at radius 2 is 1.90 bits per heavy atom. The van der Waals surface area contributed by atoms with E-state index in [9.17, 15) is 23.1 Å². The lowest BCUT2D eigenvalue weighted by atomic mass is 9.96. The van der Waals surface area contributed by atoms with Gasteiger partial charge in [-0.2, -0.15) is 0 Å². The van der Waals surface area contributed by atoms with Crippen molar-refractivity contribution in [1.29, 1.82) is 0 Å². The fraction of sp³-hybridized carbons (Fsp3) is 0.250. The Bertz CT molecular complexity index is 1110. The van der Waals surface area contributed by atoms with Crippen LogP contribution in [0.3, 0.4) is 0 Å². The van der Waals surface area contributed by atoms with Crippen LogP contribution in [0.1, 0.15) is 23.6 Å². The number of likely N-dealkylation sites (tertiary alicyclic amines) is 1. The monoisotopic (exact) mass is 432 g/mol. The summed E-state index contributed by atoms with van der Waals surface area (Å²) in [5.74, 6) is -2.26. The zero-order chi connectivity index (χ0) is 20.8. The molecule has 0 bridgehead atoms. The standard InChI is InChI=1S/C20H17ClN2O5S/c21-14-5-3-12(4-6-14)18(24)16-17(13-2-1-8-22-10-13)23(20(26)19(16)25)15-7-9-29(27,28)11-15/h1-6,8,10,15,17,24H,7,9,11H2/b18-16+/t15-,17-/m1/s1. The summed E-state index contributed by atoms with van der Waals surface area (Å²) in [6.45, 7) is 0. The highest BCUT2D eigenvalue weighted by Crippen LogP contribution is 2.42. The summed E-state index contributed by atoms with van der Waals surface area (Å²) in [7, 11) is -3.29. The Hall–Kier alpha value is -2.71. The molecule has 0 unspecified atom stereocenters. The van der Waals surface area contributed by atoms with Crippen molar-refractivity contribution in [3.63, 3.8) is 0 Å². The fourth-order valence-corrected chi connectivity index (χ4v) is 5.69. The molecule has 2 aliphatic heterocycles. The van der Waals surface area contributed by atoms with Crippen molar-refractivity contribution in [2.75, 3.05) is 11.5 Å². The van der Waals surface area contributed by atoms with Gasteiger partial charge in [-0.1, -0.05) is 17.7 Å². The van der Waals surface area contributed by atoms with Gasteiger partial charge >= 0.3 is 0 Å². The van der Waals surface area contributed by atoms with Crippen molar-refractivity contribution < 1.29 is 23.1 Å². The van der Waals surface area contributed by atoms with Crippen LogP contribution in [-0.2, 0) is 19.4 Å². The molecule has 0 radical (unpaired) electrons. The predicted molar refractivity (Wildman–Crippen MR) is 107 cm³/mol. The number of ketones is 1. The van der Waals surface area contributed by atoms with E-state index >= 15 is 0 Å². The van der Waals surface area contributed by atoms with Crippen LogP contribution >= 0.6 is 11.6 Å². The number of benzene rings is 1. The van der Waals surface area contributed by atoms with Crippen LogP contribution in [0.25, 0.3) is 5.76 Å². The Balaban J connectivity index is 1.88. The van der Waals surface area contributed by atoms with Gasteiger partial charge in [0.1, 0.15) is 5.76 Å². The van der Waals surface area contributed by atoms with E-state index in [0.717, 1.165) is 0 Å². The third-order valence-corrected chi connectivity index (χ3v) is 7.20. The molecule has 7 nitrogen and oxygen atoms in total. The second kappa shape index (κ2) is 7.27. The maximum Gasteiger partial charge on any atom is 0.295 e. The minimum absolute atomic E-state index is 0.0440. The fourth-order valence-electron chi connectivity index (χ4n) is 3.85. The summed E-state index contributed by atoms with van der Waals surface area (Å²) in [6, 6.07) is 8.01. The van der Waals surface area contributed by atoms with Crippen molar-refractivity contribution in [3.05, 3.63) is 70.5 Å². The number of nitrogens with zero attached hydrogens (tertiary/aromatic N) is 2. The number of amides is 1. The van der Waals surface area contributed by atoms with Crippen molar-refractivity contribution in [2.24, 2.45) is 0 Å². The van der Waals surface area contributed by atoms with E-state index in [0.29, 0.717) is 16.1 Å². The molecule has 0 aliphatic carbocycles. The summed E-state index contributed by atoms with van der Waals surface area (Å²) in [5.41, 5.74) is 0.765.